The van der Waals surface area contributed by atoms with Gasteiger partial charge in [-0.05, 0) is 95.9 Å². The summed E-state index contributed by atoms with van der Waals surface area (Å²) in [5.74, 6) is 0. The number of nitrogens with zero attached hydrogens (tertiary/aromatic N) is 2. The third-order valence-corrected chi connectivity index (χ3v) is 12.9. The molecule has 8 aromatic rings. The third-order valence-electron chi connectivity index (χ3n) is 12.9. The largest absolute Gasteiger partial charge is 0.311 e. The van der Waals surface area contributed by atoms with Gasteiger partial charge in [-0.2, -0.15) is 0 Å². The van der Waals surface area contributed by atoms with Gasteiger partial charge in [-0.3, -0.25) is 0 Å². The highest BCUT2D eigenvalue weighted by Gasteiger charge is 2.51. The summed E-state index contributed by atoms with van der Waals surface area (Å²) in [5, 5.41) is 7.71. The summed E-state index contributed by atoms with van der Waals surface area (Å²) in [7, 11) is 0. The van der Waals surface area contributed by atoms with E-state index in [-0.39, 0.29) is 17.5 Å². The minimum absolute atomic E-state index is 0.104. The summed E-state index contributed by atoms with van der Waals surface area (Å²) in [6, 6.07) is 53.4. The molecule has 8 aromatic carbocycles. The van der Waals surface area contributed by atoms with Gasteiger partial charge in [0.1, 0.15) is 0 Å². The van der Waals surface area contributed by atoms with Crippen LogP contribution in [0.5, 0.6) is 0 Å². The Kier molecular flexibility index (Phi) is 4.99. The molecular formula is C48H35BN2. The van der Waals surface area contributed by atoms with Gasteiger partial charge in [0.05, 0.1) is 17.1 Å². The van der Waals surface area contributed by atoms with Gasteiger partial charge in [0.15, 0.2) is 0 Å². The Morgan fingerprint density at radius 2 is 0.843 bits per heavy atom. The lowest BCUT2D eigenvalue weighted by atomic mass is 9.32. The number of fused-ring (bicyclic) bond motifs is 12. The summed E-state index contributed by atoms with van der Waals surface area (Å²) in [6.45, 7) is 9.80. The molecule has 51 heavy (non-hydrogen) atoms. The maximum absolute atomic E-state index is 2.67. The number of benzene rings is 8. The van der Waals surface area contributed by atoms with E-state index in [1.165, 1.54) is 105 Å². The smallest absolute Gasteiger partial charge is 0.252 e. The van der Waals surface area contributed by atoms with Gasteiger partial charge in [0.2, 0.25) is 0 Å². The van der Waals surface area contributed by atoms with Crippen LogP contribution in [-0.4, -0.2) is 6.71 Å². The van der Waals surface area contributed by atoms with Gasteiger partial charge >= 0.3 is 0 Å². The van der Waals surface area contributed by atoms with Crippen LogP contribution >= 0.6 is 0 Å². The average molecular weight is 651 g/mol. The van der Waals surface area contributed by atoms with Crippen molar-refractivity contribution in [2.24, 2.45) is 0 Å². The Labute approximate surface area is 298 Å². The number of para-hydroxylation sites is 2. The second-order valence-electron chi connectivity index (χ2n) is 16.2. The highest BCUT2D eigenvalue weighted by molar-refractivity contribution is 7.00. The van der Waals surface area contributed by atoms with Gasteiger partial charge in [0, 0.05) is 33.3 Å². The Morgan fingerprint density at radius 1 is 0.392 bits per heavy atom. The minimum Gasteiger partial charge on any atom is -0.311 e. The first kappa shape index (κ1) is 28.0. The van der Waals surface area contributed by atoms with Gasteiger partial charge < -0.3 is 9.80 Å². The molecule has 0 saturated carbocycles. The minimum atomic E-state index is -0.176. The maximum Gasteiger partial charge on any atom is 0.252 e. The predicted molar refractivity (Wildman–Crippen MR) is 217 cm³/mol. The number of hydrogen-bond donors (Lipinski definition) is 0. The topological polar surface area (TPSA) is 6.48 Å². The zero-order valence-electron chi connectivity index (χ0n) is 29.3. The van der Waals surface area contributed by atoms with Crippen molar-refractivity contribution in [2.45, 2.75) is 38.5 Å². The highest BCUT2D eigenvalue weighted by Crippen LogP contribution is 2.58. The predicted octanol–water partition coefficient (Wildman–Crippen LogP) is 10.5. The standard InChI is InChI=1S/C48H35BN2/c1-47(2)34-19-11-21-38-45(34)50(40-25-30-15-7-5-13-28(30)23-36(40)47)42-27-32-17-9-10-18-33(32)44-43(42)49(38)39-22-12-20-35-46(39)51(44)41-26-31-16-8-6-14-29(31)24-37(41)48(35,3)4/h5-27H,1-4H3. The molecule has 0 radical (unpaired) electrons. The molecule has 0 fully saturated rings. The summed E-state index contributed by atoms with van der Waals surface area (Å²) in [6.07, 6.45) is 0. The lowest BCUT2D eigenvalue weighted by Crippen LogP contribution is -2.63. The molecule has 0 spiro atoms. The molecule has 4 heterocycles. The second kappa shape index (κ2) is 9.10. The number of hydrogen-bond acceptors (Lipinski definition) is 2. The van der Waals surface area contributed by atoms with Gasteiger partial charge in [-0.1, -0.05) is 137 Å². The molecule has 3 heteroatoms. The summed E-state index contributed by atoms with van der Waals surface area (Å²) >= 11 is 0. The molecule has 0 aromatic heterocycles. The Hall–Kier alpha value is -5.80. The Bertz CT molecular complexity index is 2890. The van der Waals surface area contributed by atoms with Crippen molar-refractivity contribution >= 4 is 89.5 Å². The highest BCUT2D eigenvalue weighted by atomic mass is 15.2. The molecule has 0 atom stereocenters. The van der Waals surface area contributed by atoms with Crippen molar-refractivity contribution in [1.29, 1.82) is 0 Å². The van der Waals surface area contributed by atoms with E-state index in [4.69, 9.17) is 0 Å². The molecule has 0 aliphatic carbocycles. The van der Waals surface area contributed by atoms with Crippen LogP contribution in [0.15, 0.2) is 140 Å². The van der Waals surface area contributed by atoms with E-state index in [1.807, 2.05) is 0 Å². The summed E-state index contributed by atoms with van der Waals surface area (Å²) in [5.41, 5.74) is 17.3. The first-order chi connectivity index (χ1) is 24.8. The fourth-order valence-electron chi connectivity index (χ4n) is 10.5. The van der Waals surface area contributed by atoms with Crippen molar-refractivity contribution in [3.8, 4) is 0 Å². The zero-order chi connectivity index (χ0) is 34.0. The first-order valence-electron chi connectivity index (χ1n) is 18.3. The molecule has 2 nitrogen and oxygen atoms in total. The summed E-state index contributed by atoms with van der Waals surface area (Å²) < 4.78 is 0. The second-order valence-corrected chi connectivity index (χ2v) is 16.2. The average Bonchev–Trinajstić information content (AvgIpc) is 3.15. The van der Waals surface area contributed by atoms with E-state index in [9.17, 15) is 0 Å². The lowest BCUT2D eigenvalue weighted by molar-refractivity contribution is 0.633. The van der Waals surface area contributed by atoms with Crippen LogP contribution in [0.4, 0.5) is 34.1 Å². The van der Waals surface area contributed by atoms with E-state index in [0.29, 0.717) is 0 Å². The van der Waals surface area contributed by atoms with E-state index in [0.717, 1.165) is 0 Å². The monoisotopic (exact) mass is 650 g/mol. The van der Waals surface area contributed by atoms with Crippen molar-refractivity contribution < 1.29 is 0 Å². The van der Waals surface area contributed by atoms with Gasteiger partial charge in [-0.25, -0.2) is 0 Å². The van der Waals surface area contributed by atoms with E-state index in [2.05, 4.69) is 177 Å². The van der Waals surface area contributed by atoms with Gasteiger partial charge in [0.25, 0.3) is 6.71 Å². The first-order valence-corrected chi connectivity index (χ1v) is 18.3. The van der Waals surface area contributed by atoms with E-state index >= 15 is 0 Å². The zero-order valence-corrected chi connectivity index (χ0v) is 29.3. The molecule has 0 unspecified atom stereocenters. The van der Waals surface area contributed by atoms with E-state index in [1.54, 1.807) is 0 Å². The fraction of sp³-hybridized carbons (Fsp3) is 0.125. The van der Waals surface area contributed by atoms with Crippen LogP contribution in [-0.2, 0) is 10.8 Å². The molecule has 0 saturated heterocycles. The molecule has 4 aliphatic heterocycles. The lowest BCUT2D eigenvalue weighted by Gasteiger charge is -2.52. The Morgan fingerprint density at radius 3 is 1.41 bits per heavy atom. The SMILES string of the molecule is CC1(C)c2cc3ccccc3cc2N2c3cc4ccccc4c4c3B(c3cccc1c32)c1cccc2c1N4c1cc3ccccc3cc1C2(C)C. The fourth-order valence-corrected chi connectivity index (χ4v) is 10.5. The molecule has 0 N–H and O–H groups in total. The van der Waals surface area contributed by atoms with Crippen molar-refractivity contribution in [2.75, 3.05) is 9.80 Å². The van der Waals surface area contributed by atoms with E-state index < -0.39 is 0 Å². The van der Waals surface area contributed by atoms with Crippen LogP contribution < -0.4 is 26.2 Å². The molecule has 12 rings (SSSR count). The third kappa shape index (κ3) is 3.27. The van der Waals surface area contributed by atoms with Gasteiger partial charge in [-0.15, -0.1) is 0 Å². The molecule has 0 bridgehead atoms. The molecule has 240 valence electrons. The van der Waals surface area contributed by atoms with Crippen molar-refractivity contribution in [1.82, 2.24) is 0 Å². The normalized spacial score (nSPS) is 16.4. The summed E-state index contributed by atoms with van der Waals surface area (Å²) in [4.78, 5) is 5.31. The maximum atomic E-state index is 2.67. The van der Waals surface area contributed by atoms with Crippen LogP contribution in [0.2, 0.25) is 0 Å². The van der Waals surface area contributed by atoms with Crippen molar-refractivity contribution in [3.63, 3.8) is 0 Å². The molecule has 0 amide bonds. The van der Waals surface area contributed by atoms with Crippen LogP contribution in [0, 0.1) is 0 Å². The molecule has 4 aliphatic rings. The quantitative estimate of drug-likeness (QED) is 0.151. The van der Waals surface area contributed by atoms with Crippen LogP contribution in [0.1, 0.15) is 49.9 Å². The van der Waals surface area contributed by atoms with Crippen LogP contribution in [0.25, 0.3) is 32.3 Å². The number of anilines is 6. The Balaban J connectivity index is 1.28. The van der Waals surface area contributed by atoms with Crippen molar-refractivity contribution in [3.05, 3.63) is 162 Å². The molecular weight excluding hydrogens is 615 g/mol. The van der Waals surface area contributed by atoms with Crippen LogP contribution in [0.3, 0.4) is 0 Å². The number of rotatable bonds is 0.